The number of sulfonamides is 1. The molecule has 0 saturated heterocycles. The Kier molecular flexibility index (Phi) is 4.01. The number of halogens is 1. The number of benzene rings is 1. The van der Waals surface area contributed by atoms with Crippen molar-refractivity contribution in [3.63, 3.8) is 0 Å². The van der Waals surface area contributed by atoms with Gasteiger partial charge in [-0.1, -0.05) is 11.6 Å². The second kappa shape index (κ2) is 5.28. The Morgan fingerprint density at radius 1 is 1.45 bits per heavy atom. The predicted octanol–water partition coefficient (Wildman–Crippen LogP) is 1.44. The Balaban J connectivity index is 2.42. The fourth-order valence-corrected chi connectivity index (χ4v) is 3.87. The highest BCUT2D eigenvalue weighted by molar-refractivity contribution is 7.89. The number of nitro groups is 1. The van der Waals surface area contributed by atoms with Crippen molar-refractivity contribution in [2.45, 2.75) is 29.7 Å². The van der Waals surface area contributed by atoms with E-state index in [1.807, 2.05) is 0 Å². The molecule has 7 nitrogen and oxygen atoms in total. The minimum Gasteiger partial charge on any atom is -0.394 e. The first-order valence-electron chi connectivity index (χ1n) is 5.88. The second-order valence-electron chi connectivity index (χ2n) is 4.77. The van der Waals surface area contributed by atoms with Gasteiger partial charge in [0.1, 0.15) is 0 Å². The molecule has 0 amide bonds. The SMILES string of the molecule is O=[N+]([O-])c1cc(Cl)ccc1S(=O)(=O)NC1(CO)CCC1. The standard InChI is InChI=1S/C11H13ClN2O5S/c12-8-2-3-10(9(6-8)14(16)17)20(18,19)13-11(7-15)4-1-5-11/h2-3,6,13,15H,1,4-5,7H2. The molecular formula is C11H13ClN2O5S. The molecule has 110 valence electrons. The van der Waals surface area contributed by atoms with Crippen molar-refractivity contribution in [2.75, 3.05) is 6.61 Å². The van der Waals surface area contributed by atoms with Crippen molar-refractivity contribution in [3.8, 4) is 0 Å². The fourth-order valence-electron chi connectivity index (χ4n) is 2.10. The van der Waals surface area contributed by atoms with Gasteiger partial charge in [0.25, 0.3) is 5.69 Å². The summed E-state index contributed by atoms with van der Waals surface area (Å²) in [5, 5.41) is 20.3. The highest BCUT2D eigenvalue weighted by Crippen LogP contribution is 2.34. The van der Waals surface area contributed by atoms with Crippen LogP contribution in [0.2, 0.25) is 5.02 Å². The first-order valence-corrected chi connectivity index (χ1v) is 7.75. The number of hydrogen-bond acceptors (Lipinski definition) is 5. The zero-order valence-corrected chi connectivity index (χ0v) is 11.9. The predicted molar refractivity (Wildman–Crippen MR) is 72.1 cm³/mol. The molecule has 1 aromatic carbocycles. The summed E-state index contributed by atoms with van der Waals surface area (Å²) >= 11 is 5.65. The van der Waals surface area contributed by atoms with Gasteiger partial charge in [-0.2, -0.15) is 0 Å². The molecule has 1 saturated carbocycles. The summed E-state index contributed by atoms with van der Waals surface area (Å²) in [5.41, 5.74) is -1.50. The minimum atomic E-state index is -4.09. The molecule has 1 aromatic rings. The summed E-state index contributed by atoms with van der Waals surface area (Å²) < 4.78 is 26.9. The van der Waals surface area contributed by atoms with Gasteiger partial charge in [0.05, 0.1) is 17.1 Å². The van der Waals surface area contributed by atoms with Gasteiger partial charge in [0.2, 0.25) is 10.0 Å². The number of nitrogens with zero attached hydrogens (tertiary/aromatic N) is 1. The molecule has 20 heavy (non-hydrogen) atoms. The number of aliphatic hydroxyl groups is 1. The van der Waals surface area contributed by atoms with Crippen molar-refractivity contribution in [3.05, 3.63) is 33.3 Å². The summed E-state index contributed by atoms with van der Waals surface area (Å²) in [6.07, 6.45) is 1.81. The Morgan fingerprint density at radius 2 is 2.10 bits per heavy atom. The van der Waals surface area contributed by atoms with Crippen molar-refractivity contribution < 1.29 is 18.4 Å². The Morgan fingerprint density at radius 3 is 2.55 bits per heavy atom. The number of hydrogen-bond donors (Lipinski definition) is 2. The molecule has 0 aromatic heterocycles. The van der Waals surface area contributed by atoms with Crippen LogP contribution >= 0.6 is 11.6 Å². The first kappa shape index (κ1) is 15.2. The number of nitrogens with one attached hydrogen (secondary N) is 1. The van der Waals surface area contributed by atoms with E-state index in [4.69, 9.17) is 11.6 Å². The van der Waals surface area contributed by atoms with Gasteiger partial charge >= 0.3 is 0 Å². The van der Waals surface area contributed by atoms with E-state index in [9.17, 15) is 23.6 Å². The minimum absolute atomic E-state index is 0.0798. The van der Waals surface area contributed by atoms with Crippen LogP contribution in [0.4, 0.5) is 5.69 Å². The lowest BCUT2D eigenvalue weighted by atomic mass is 9.78. The smallest absolute Gasteiger partial charge is 0.290 e. The van der Waals surface area contributed by atoms with Crippen molar-refractivity contribution in [1.29, 1.82) is 0 Å². The van der Waals surface area contributed by atoms with E-state index in [1.54, 1.807) is 0 Å². The van der Waals surface area contributed by atoms with Gasteiger partial charge in [0, 0.05) is 11.1 Å². The molecule has 1 fully saturated rings. The van der Waals surface area contributed by atoms with Crippen LogP contribution in [0.25, 0.3) is 0 Å². The third kappa shape index (κ3) is 2.78. The zero-order chi connectivity index (χ0) is 15.0. The van der Waals surface area contributed by atoms with Crippen LogP contribution in [0.3, 0.4) is 0 Å². The van der Waals surface area contributed by atoms with Gasteiger partial charge in [-0.25, -0.2) is 13.1 Å². The molecular weight excluding hydrogens is 308 g/mol. The lowest BCUT2D eigenvalue weighted by Gasteiger charge is -2.40. The fraction of sp³-hybridized carbons (Fsp3) is 0.455. The average molecular weight is 321 g/mol. The third-order valence-corrected chi connectivity index (χ3v) is 5.23. The molecule has 0 heterocycles. The van der Waals surface area contributed by atoms with Crippen LogP contribution in [0.1, 0.15) is 19.3 Å². The van der Waals surface area contributed by atoms with Crippen LogP contribution in [0.15, 0.2) is 23.1 Å². The zero-order valence-electron chi connectivity index (χ0n) is 10.4. The molecule has 9 heteroatoms. The molecule has 0 bridgehead atoms. The quantitative estimate of drug-likeness (QED) is 0.630. The van der Waals surface area contributed by atoms with E-state index in [1.165, 1.54) is 6.07 Å². The van der Waals surface area contributed by atoms with E-state index in [0.717, 1.165) is 18.6 Å². The maximum absolute atomic E-state index is 12.3. The maximum atomic E-state index is 12.3. The maximum Gasteiger partial charge on any atom is 0.290 e. The summed E-state index contributed by atoms with van der Waals surface area (Å²) in [7, 11) is -4.09. The summed E-state index contributed by atoms with van der Waals surface area (Å²) in [4.78, 5) is 9.69. The van der Waals surface area contributed by atoms with E-state index in [-0.39, 0.29) is 11.6 Å². The van der Waals surface area contributed by atoms with E-state index in [0.29, 0.717) is 12.8 Å². The van der Waals surface area contributed by atoms with Gasteiger partial charge in [-0.05, 0) is 31.4 Å². The Labute approximate surface area is 120 Å². The van der Waals surface area contributed by atoms with Crippen molar-refractivity contribution >= 4 is 27.3 Å². The molecule has 0 atom stereocenters. The molecule has 0 aliphatic heterocycles. The average Bonchev–Trinajstić information content (AvgIpc) is 2.33. The lowest BCUT2D eigenvalue weighted by Crippen LogP contribution is -2.56. The highest BCUT2D eigenvalue weighted by Gasteiger charge is 2.41. The van der Waals surface area contributed by atoms with Gasteiger partial charge in [-0.15, -0.1) is 0 Å². The molecule has 0 spiro atoms. The van der Waals surface area contributed by atoms with E-state index in [2.05, 4.69) is 4.72 Å². The van der Waals surface area contributed by atoms with Crippen LogP contribution in [0.5, 0.6) is 0 Å². The van der Waals surface area contributed by atoms with Crippen molar-refractivity contribution in [2.24, 2.45) is 0 Å². The summed E-state index contributed by atoms with van der Waals surface area (Å²) in [6, 6.07) is 3.35. The monoisotopic (exact) mass is 320 g/mol. The normalized spacial score (nSPS) is 17.5. The van der Waals surface area contributed by atoms with Crippen LogP contribution in [-0.2, 0) is 10.0 Å². The Bertz CT molecular complexity index is 637. The molecule has 2 rings (SSSR count). The van der Waals surface area contributed by atoms with Crippen LogP contribution < -0.4 is 4.72 Å². The topological polar surface area (TPSA) is 110 Å². The number of rotatable bonds is 5. The third-order valence-electron chi connectivity index (χ3n) is 3.37. The van der Waals surface area contributed by atoms with Gasteiger partial charge in [-0.3, -0.25) is 10.1 Å². The molecule has 1 aliphatic carbocycles. The molecule has 2 N–H and O–H groups in total. The molecule has 0 unspecified atom stereocenters. The van der Waals surface area contributed by atoms with Crippen molar-refractivity contribution in [1.82, 2.24) is 4.72 Å². The summed E-state index contributed by atoms with van der Waals surface area (Å²) in [5.74, 6) is 0. The molecule has 1 aliphatic rings. The van der Waals surface area contributed by atoms with Crippen LogP contribution in [0, 0.1) is 10.1 Å². The lowest BCUT2D eigenvalue weighted by molar-refractivity contribution is -0.387. The number of aliphatic hydroxyl groups excluding tert-OH is 1. The largest absolute Gasteiger partial charge is 0.394 e. The highest BCUT2D eigenvalue weighted by atomic mass is 35.5. The molecule has 0 radical (unpaired) electrons. The summed E-state index contributed by atoms with van der Waals surface area (Å²) in [6.45, 7) is -0.340. The van der Waals surface area contributed by atoms with Gasteiger partial charge in [0.15, 0.2) is 4.90 Å². The van der Waals surface area contributed by atoms with Crippen LogP contribution in [-0.4, -0.2) is 30.6 Å². The second-order valence-corrected chi connectivity index (χ2v) is 6.85. The Hall–Kier alpha value is -1.22. The first-order chi connectivity index (χ1) is 9.30. The van der Waals surface area contributed by atoms with E-state index < -0.39 is 31.1 Å². The van der Waals surface area contributed by atoms with E-state index >= 15 is 0 Å². The van der Waals surface area contributed by atoms with Gasteiger partial charge < -0.3 is 5.11 Å². The number of nitro benzene ring substituents is 1.